The van der Waals surface area contributed by atoms with Crippen LogP contribution in [0.25, 0.3) is 10.9 Å². The van der Waals surface area contributed by atoms with E-state index in [-0.39, 0.29) is 0 Å². The van der Waals surface area contributed by atoms with Crippen LogP contribution in [-0.4, -0.2) is 10.1 Å². The van der Waals surface area contributed by atoms with E-state index in [0.717, 1.165) is 23.0 Å². The highest BCUT2D eigenvalue weighted by atomic mass is 16.3. The summed E-state index contributed by atoms with van der Waals surface area (Å²) in [6.07, 6.45) is 0.985. The summed E-state index contributed by atoms with van der Waals surface area (Å²) in [7, 11) is 0. The quantitative estimate of drug-likeness (QED) is 0.807. The molecule has 1 heterocycles. The molecule has 0 spiro atoms. The van der Waals surface area contributed by atoms with E-state index in [4.69, 9.17) is 0 Å². The lowest BCUT2D eigenvalue weighted by Gasteiger charge is -2.11. The average molecular weight is 201 g/mol. The molecule has 0 saturated carbocycles. The molecule has 2 nitrogen and oxygen atoms in total. The van der Waals surface area contributed by atoms with E-state index in [2.05, 4.69) is 18.8 Å². The van der Waals surface area contributed by atoms with E-state index in [9.17, 15) is 5.11 Å². The molecule has 1 unspecified atom stereocenters. The van der Waals surface area contributed by atoms with Crippen LogP contribution in [-0.2, 0) is 0 Å². The van der Waals surface area contributed by atoms with E-state index in [1.54, 1.807) is 6.07 Å². The van der Waals surface area contributed by atoms with Crippen molar-refractivity contribution in [1.29, 1.82) is 0 Å². The topological polar surface area (TPSA) is 33.1 Å². The van der Waals surface area contributed by atoms with Gasteiger partial charge in [-0.15, -0.1) is 0 Å². The molecule has 0 aliphatic rings. The maximum atomic E-state index is 9.85. The lowest BCUT2D eigenvalue weighted by atomic mass is 10.0. The van der Waals surface area contributed by atoms with Crippen molar-refractivity contribution in [2.24, 2.45) is 0 Å². The molecule has 0 bridgehead atoms. The van der Waals surface area contributed by atoms with Gasteiger partial charge in [0, 0.05) is 11.3 Å². The lowest BCUT2D eigenvalue weighted by molar-refractivity contribution is 0.458. The van der Waals surface area contributed by atoms with Gasteiger partial charge < -0.3 is 5.11 Å². The monoisotopic (exact) mass is 201 g/mol. The molecule has 78 valence electrons. The minimum atomic E-state index is 0.301. The van der Waals surface area contributed by atoms with E-state index in [0.29, 0.717) is 11.7 Å². The van der Waals surface area contributed by atoms with Gasteiger partial charge in [-0.3, -0.25) is 0 Å². The molecule has 15 heavy (non-hydrogen) atoms. The fourth-order valence-electron chi connectivity index (χ4n) is 1.68. The Morgan fingerprint density at radius 1 is 1.33 bits per heavy atom. The summed E-state index contributed by atoms with van der Waals surface area (Å²) >= 11 is 0. The average Bonchev–Trinajstić information content (AvgIpc) is 2.27. The summed E-state index contributed by atoms with van der Waals surface area (Å²) < 4.78 is 0. The molecule has 2 aromatic rings. The fraction of sp³-hybridized carbons (Fsp3) is 0.308. The van der Waals surface area contributed by atoms with Crippen LogP contribution in [0, 0.1) is 0 Å². The minimum Gasteiger partial charge on any atom is -0.506 e. The van der Waals surface area contributed by atoms with Gasteiger partial charge >= 0.3 is 0 Å². The number of aromatic nitrogens is 1. The van der Waals surface area contributed by atoms with Crippen LogP contribution in [0.15, 0.2) is 30.3 Å². The van der Waals surface area contributed by atoms with Crippen LogP contribution in [0.4, 0.5) is 0 Å². The first kappa shape index (κ1) is 9.97. The van der Waals surface area contributed by atoms with Crippen LogP contribution in [0.2, 0.25) is 0 Å². The zero-order valence-electron chi connectivity index (χ0n) is 9.07. The molecule has 0 aliphatic carbocycles. The highest BCUT2D eigenvalue weighted by molar-refractivity contribution is 5.80. The molecule has 0 fully saturated rings. The largest absolute Gasteiger partial charge is 0.506 e. The number of nitrogens with zero attached hydrogens (tertiary/aromatic N) is 1. The number of hydrogen-bond acceptors (Lipinski definition) is 2. The number of aromatic hydroxyl groups is 1. The van der Waals surface area contributed by atoms with E-state index < -0.39 is 0 Å². The van der Waals surface area contributed by atoms with Gasteiger partial charge in [0.15, 0.2) is 0 Å². The van der Waals surface area contributed by atoms with Crippen molar-refractivity contribution < 1.29 is 5.11 Å². The highest BCUT2D eigenvalue weighted by Gasteiger charge is 2.11. The number of benzene rings is 1. The van der Waals surface area contributed by atoms with E-state index in [1.807, 2.05) is 24.3 Å². The first-order chi connectivity index (χ1) is 7.22. The van der Waals surface area contributed by atoms with Gasteiger partial charge in [0.25, 0.3) is 0 Å². The number of para-hydroxylation sites is 1. The number of hydrogen-bond donors (Lipinski definition) is 1. The number of pyridine rings is 1. The van der Waals surface area contributed by atoms with Crippen LogP contribution in [0.3, 0.4) is 0 Å². The smallest absolute Gasteiger partial charge is 0.137 e. The Morgan fingerprint density at radius 3 is 2.80 bits per heavy atom. The lowest BCUT2D eigenvalue weighted by Crippen LogP contribution is -1.96. The van der Waals surface area contributed by atoms with Crippen molar-refractivity contribution >= 4 is 10.9 Å². The van der Waals surface area contributed by atoms with Gasteiger partial charge in [0.2, 0.25) is 0 Å². The Labute approximate surface area is 89.6 Å². The minimum absolute atomic E-state index is 0.301. The third-order valence-corrected chi connectivity index (χ3v) is 2.81. The van der Waals surface area contributed by atoms with Crippen molar-refractivity contribution in [2.45, 2.75) is 26.2 Å². The summed E-state index contributed by atoms with van der Waals surface area (Å²) in [5.74, 6) is 0.609. The Morgan fingerprint density at radius 2 is 2.07 bits per heavy atom. The van der Waals surface area contributed by atoms with Gasteiger partial charge in [0.1, 0.15) is 5.75 Å². The summed E-state index contributed by atoms with van der Waals surface area (Å²) in [4.78, 5) is 4.50. The van der Waals surface area contributed by atoms with Gasteiger partial charge in [-0.2, -0.15) is 0 Å². The third kappa shape index (κ3) is 1.80. The van der Waals surface area contributed by atoms with Crippen LogP contribution in [0.5, 0.6) is 5.75 Å². The van der Waals surface area contributed by atoms with Crippen LogP contribution in [0.1, 0.15) is 31.9 Å². The SMILES string of the molecule is CCC(C)c1nc2ccccc2cc1O. The van der Waals surface area contributed by atoms with Crippen LogP contribution < -0.4 is 0 Å². The van der Waals surface area contributed by atoms with Crippen molar-refractivity contribution in [2.75, 3.05) is 0 Å². The molecule has 1 aromatic carbocycles. The predicted molar refractivity (Wildman–Crippen MR) is 62.1 cm³/mol. The molecular weight excluding hydrogens is 186 g/mol. The second-order valence-electron chi connectivity index (χ2n) is 3.89. The number of fused-ring (bicyclic) bond motifs is 1. The van der Waals surface area contributed by atoms with Gasteiger partial charge in [0.05, 0.1) is 11.2 Å². The van der Waals surface area contributed by atoms with Crippen molar-refractivity contribution in [1.82, 2.24) is 4.98 Å². The molecule has 0 radical (unpaired) electrons. The molecule has 0 saturated heterocycles. The van der Waals surface area contributed by atoms with Gasteiger partial charge in [-0.05, 0) is 18.6 Å². The highest BCUT2D eigenvalue weighted by Crippen LogP contribution is 2.28. The van der Waals surface area contributed by atoms with E-state index in [1.165, 1.54) is 0 Å². The summed E-state index contributed by atoms with van der Waals surface area (Å²) in [5, 5.41) is 10.8. The van der Waals surface area contributed by atoms with Gasteiger partial charge in [-0.25, -0.2) is 4.98 Å². The molecule has 2 heteroatoms. The van der Waals surface area contributed by atoms with Crippen LogP contribution >= 0.6 is 0 Å². The first-order valence-electron chi connectivity index (χ1n) is 5.31. The second-order valence-corrected chi connectivity index (χ2v) is 3.89. The third-order valence-electron chi connectivity index (χ3n) is 2.81. The second kappa shape index (κ2) is 3.89. The molecule has 0 aliphatic heterocycles. The molecule has 2 rings (SSSR count). The summed E-state index contributed by atoms with van der Waals surface area (Å²) in [6, 6.07) is 9.64. The molecule has 1 N–H and O–H groups in total. The zero-order valence-corrected chi connectivity index (χ0v) is 9.07. The fourth-order valence-corrected chi connectivity index (χ4v) is 1.68. The molecule has 1 atom stereocenters. The first-order valence-corrected chi connectivity index (χ1v) is 5.31. The Hall–Kier alpha value is -1.57. The molecule has 1 aromatic heterocycles. The van der Waals surface area contributed by atoms with Crippen molar-refractivity contribution in [3.8, 4) is 5.75 Å². The molecule has 0 amide bonds. The van der Waals surface area contributed by atoms with E-state index >= 15 is 0 Å². The Bertz CT molecular complexity index is 479. The maximum Gasteiger partial charge on any atom is 0.137 e. The van der Waals surface area contributed by atoms with Crippen molar-refractivity contribution in [3.63, 3.8) is 0 Å². The maximum absolute atomic E-state index is 9.85. The Kier molecular flexibility index (Phi) is 2.58. The predicted octanol–water partition coefficient (Wildman–Crippen LogP) is 3.45. The normalized spacial score (nSPS) is 12.9. The Balaban J connectivity index is 2.61. The standard InChI is InChI=1S/C13H15NO/c1-3-9(2)13-12(15)8-10-6-4-5-7-11(10)14-13/h4-9,15H,3H2,1-2H3. The summed E-state index contributed by atoms with van der Waals surface area (Å²) in [5.41, 5.74) is 1.75. The number of rotatable bonds is 2. The van der Waals surface area contributed by atoms with Crippen molar-refractivity contribution in [3.05, 3.63) is 36.0 Å². The van der Waals surface area contributed by atoms with Gasteiger partial charge in [-0.1, -0.05) is 32.0 Å². The molecular formula is C13H15NO. The zero-order chi connectivity index (χ0) is 10.8. The summed E-state index contributed by atoms with van der Waals surface area (Å²) in [6.45, 7) is 4.18.